The van der Waals surface area contributed by atoms with Crippen molar-refractivity contribution in [2.24, 2.45) is 0 Å². The lowest BCUT2D eigenvalue weighted by molar-refractivity contribution is 0.146. The number of alkyl halides is 2. The van der Waals surface area contributed by atoms with Crippen LogP contribution in [0.3, 0.4) is 0 Å². The molecule has 1 saturated carbocycles. The highest BCUT2D eigenvalue weighted by Crippen LogP contribution is 2.39. The SMILES string of the molecule is Fc1c(CNc2nc(C3CC3)ncc2OCc2ccccn2)cccc1C(F)F. The highest BCUT2D eigenvalue weighted by Gasteiger charge is 2.27. The molecule has 0 spiro atoms. The predicted molar refractivity (Wildman–Crippen MR) is 101 cm³/mol. The Morgan fingerprint density at radius 1 is 1.10 bits per heavy atom. The average molecular weight is 400 g/mol. The number of pyridine rings is 1. The third-order valence-electron chi connectivity index (χ3n) is 4.61. The quantitative estimate of drug-likeness (QED) is 0.576. The summed E-state index contributed by atoms with van der Waals surface area (Å²) in [6.07, 6.45) is 2.44. The number of hydrogen-bond acceptors (Lipinski definition) is 5. The highest BCUT2D eigenvalue weighted by molar-refractivity contribution is 5.50. The summed E-state index contributed by atoms with van der Waals surface area (Å²) in [5, 5.41) is 3.01. The summed E-state index contributed by atoms with van der Waals surface area (Å²) in [5.74, 6) is 0.895. The Bertz CT molecular complexity index is 981. The number of anilines is 1. The zero-order valence-electron chi connectivity index (χ0n) is 15.5. The van der Waals surface area contributed by atoms with Crippen LogP contribution in [0, 0.1) is 5.82 Å². The lowest BCUT2D eigenvalue weighted by Gasteiger charge is -2.14. The normalized spacial score (nSPS) is 13.5. The topological polar surface area (TPSA) is 59.9 Å². The van der Waals surface area contributed by atoms with Crippen LogP contribution in [0.2, 0.25) is 0 Å². The van der Waals surface area contributed by atoms with Crippen LogP contribution >= 0.6 is 0 Å². The molecule has 0 aliphatic heterocycles. The van der Waals surface area contributed by atoms with Crippen LogP contribution in [0.15, 0.2) is 48.8 Å². The standard InChI is InChI=1S/C21H19F3N4O/c22-18-14(4-3-6-16(18)19(23)24)10-26-21-17(11-27-20(28-21)13-7-8-13)29-12-15-5-1-2-9-25-15/h1-6,9,11,13,19H,7-8,10,12H2,(H,26,27,28). The van der Waals surface area contributed by atoms with Crippen LogP contribution in [0.25, 0.3) is 0 Å². The van der Waals surface area contributed by atoms with Gasteiger partial charge in [-0.1, -0.05) is 24.3 Å². The fourth-order valence-corrected chi connectivity index (χ4v) is 2.87. The van der Waals surface area contributed by atoms with Crippen molar-refractivity contribution < 1.29 is 17.9 Å². The molecule has 0 saturated heterocycles. The van der Waals surface area contributed by atoms with E-state index in [9.17, 15) is 13.2 Å². The third kappa shape index (κ3) is 4.64. The first-order chi connectivity index (χ1) is 14.1. The molecule has 1 N–H and O–H groups in total. The minimum absolute atomic E-state index is 0.00649. The van der Waals surface area contributed by atoms with Crippen molar-refractivity contribution in [1.82, 2.24) is 15.0 Å². The Balaban J connectivity index is 1.53. The van der Waals surface area contributed by atoms with Gasteiger partial charge in [-0.05, 0) is 25.0 Å². The van der Waals surface area contributed by atoms with Gasteiger partial charge in [0.05, 0.1) is 17.5 Å². The monoisotopic (exact) mass is 400 g/mol. The first-order valence-electron chi connectivity index (χ1n) is 9.30. The second-order valence-corrected chi connectivity index (χ2v) is 6.80. The molecule has 1 aliphatic rings. The minimum atomic E-state index is -2.87. The van der Waals surface area contributed by atoms with E-state index < -0.39 is 17.8 Å². The molecular weight excluding hydrogens is 381 g/mol. The number of ether oxygens (including phenoxy) is 1. The second kappa shape index (κ2) is 8.46. The maximum atomic E-state index is 14.3. The molecule has 2 heterocycles. The molecule has 2 aromatic heterocycles. The molecule has 0 atom stereocenters. The van der Waals surface area contributed by atoms with Crippen molar-refractivity contribution >= 4 is 5.82 Å². The molecule has 8 heteroatoms. The van der Waals surface area contributed by atoms with Crippen molar-refractivity contribution in [3.05, 3.63) is 77.3 Å². The number of benzene rings is 1. The van der Waals surface area contributed by atoms with Crippen LogP contribution in [0.1, 0.15) is 47.8 Å². The van der Waals surface area contributed by atoms with E-state index in [1.807, 2.05) is 18.2 Å². The number of aromatic nitrogens is 3. The van der Waals surface area contributed by atoms with Gasteiger partial charge in [0.2, 0.25) is 0 Å². The van der Waals surface area contributed by atoms with Crippen molar-refractivity contribution in [1.29, 1.82) is 0 Å². The molecule has 1 aromatic carbocycles. The molecule has 0 unspecified atom stereocenters. The van der Waals surface area contributed by atoms with Gasteiger partial charge in [0.1, 0.15) is 18.2 Å². The molecule has 0 bridgehead atoms. The molecule has 0 amide bonds. The van der Waals surface area contributed by atoms with Crippen molar-refractivity contribution in [3.63, 3.8) is 0 Å². The van der Waals surface area contributed by atoms with Crippen molar-refractivity contribution in [3.8, 4) is 5.75 Å². The zero-order valence-corrected chi connectivity index (χ0v) is 15.5. The van der Waals surface area contributed by atoms with Gasteiger partial charge in [-0.2, -0.15) is 0 Å². The summed E-state index contributed by atoms with van der Waals surface area (Å²) < 4.78 is 46.0. The molecule has 1 aliphatic carbocycles. The summed E-state index contributed by atoms with van der Waals surface area (Å²) in [6, 6.07) is 9.46. The molecule has 5 nitrogen and oxygen atoms in total. The van der Waals surface area contributed by atoms with Gasteiger partial charge in [0.25, 0.3) is 6.43 Å². The number of hydrogen-bond donors (Lipinski definition) is 1. The number of halogens is 3. The first-order valence-corrected chi connectivity index (χ1v) is 9.30. The van der Waals surface area contributed by atoms with E-state index in [0.29, 0.717) is 23.3 Å². The fraction of sp³-hybridized carbons (Fsp3) is 0.286. The van der Waals surface area contributed by atoms with E-state index in [1.165, 1.54) is 12.1 Å². The van der Waals surface area contributed by atoms with Crippen molar-refractivity contribution in [2.45, 2.75) is 38.3 Å². The number of rotatable bonds is 8. The first kappa shape index (κ1) is 19.2. The number of nitrogens with zero attached hydrogens (tertiary/aromatic N) is 3. The van der Waals surface area contributed by atoms with Crippen molar-refractivity contribution in [2.75, 3.05) is 5.32 Å². The summed E-state index contributed by atoms with van der Waals surface area (Å²) in [7, 11) is 0. The Kier molecular flexibility index (Phi) is 5.59. The fourth-order valence-electron chi connectivity index (χ4n) is 2.87. The molecule has 3 aromatic rings. The van der Waals surface area contributed by atoms with Crippen LogP contribution < -0.4 is 10.1 Å². The summed E-state index contributed by atoms with van der Waals surface area (Å²) >= 11 is 0. The van der Waals surface area contributed by atoms with Crippen LogP contribution in [-0.4, -0.2) is 15.0 Å². The molecule has 150 valence electrons. The highest BCUT2D eigenvalue weighted by atomic mass is 19.3. The summed E-state index contributed by atoms with van der Waals surface area (Å²) in [6.45, 7) is 0.213. The van der Waals surface area contributed by atoms with E-state index in [-0.39, 0.29) is 18.7 Å². The molecule has 0 radical (unpaired) electrons. The van der Waals surface area contributed by atoms with Crippen LogP contribution in [0.4, 0.5) is 19.0 Å². The Labute approximate surface area is 166 Å². The van der Waals surface area contributed by atoms with Gasteiger partial charge in [0.15, 0.2) is 11.6 Å². The minimum Gasteiger partial charge on any atom is -0.482 e. The Hall–Kier alpha value is -3.16. The predicted octanol–water partition coefficient (Wildman–Crippen LogP) is 5.02. The Morgan fingerprint density at radius 2 is 1.97 bits per heavy atom. The summed E-state index contributed by atoms with van der Waals surface area (Å²) in [5.41, 5.74) is 0.253. The van der Waals surface area contributed by atoms with E-state index >= 15 is 0 Å². The van der Waals surface area contributed by atoms with Crippen LogP contribution in [-0.2, 0) is 13.2 Å². The zero-order chi connectivity index (χ0) is 20.2. The van der Waals surface area contributed by atoms with Crippen LogP contribution in [0.5, 0.6) is 5.75 Å². The van der Waals surface area contributed by atoms with E-state index in [4.69, 9.17) is 4.74 Å². The van der Waals surface area contributed by atoms with Gasteiger partial charge in [-0.15, -0.1) is 0 Å². The van der Waals surface area contributed by atoms with E-state index in [0.717, 1.165) is 24.6 Å². The maximum Gasteiger partial charge on any atom is 0.266 e. The maximum absolute atomic E-state index is 14.3. The lowest BCUT2D eigenvalue weighted by atomic mass is 10.1. The third-order valence-corrected chi connectivity index (χ3v) is 4.61. The van der Waals surface area contributed by atoms with Gasteiger partial charge in [-0.25, -0.2) is 23.1 Å². The lowest BCUT2D eigenvalue weighted by Crippen LogP contribution is -2.09. The molecule has 4 rings (SSSR count). The Morgan fingerprint density at radius 3 is 2.69 bits per heavy atom. The van der Waals surface area contributed by atoms with E-state index in [1.54, 1.807) is 12.4 Å². The van der Waals surface area contributed by atoms with Gasteiger partial charge in [-0.3, -0.25) is 4.98 Å². The largest absolute Gasteiger partial charge is 0.482 e. The van der Waals surface area contributed by atoms with Gasteiger partial charge in [0, 0.05) is 24.2 Å². The molecular formula is C21H19F3N4O. The summed E-state index contributed by atoms with van der Waals surface area (Å²) in [4.78, 5) is 13.1. The van der Waals surface area contributed by atoms with E-state index in [2.05, 4.69) is 20.3 Å². The number of nitrogens with one attached hydrogen (secondary N) is 1. The van der Waals surface area contributed by atoms with Gasteiger partial charge >= 0.3 is 0 Å². The molecule has 1 fully saturated rings. The average Bonchev–Trinajstić information content (AvgIpc) is 3.58. The molecule has 29 heavy (non-hydrogen) atoms. The van der Waals surface area contributed by atoms with Gasteiger partial charge < -0.3 is 10.1 Å². The smallest absolute Gasteiger partial charge is 0.266 e. The second-order valence-electron chi connectivity index (χ2n) is 6.80.